The molecule has 0 saturated carbocycles. The molecule has 0 bridgehead atoms. The van der Waals surface area contributed by atoms with Crippen molar-refractivity contribution >= 4 is 17.8 Å². The molecular weight excluding hydrogens is 212 g/mol. The minimum atomic E-state index is -1.16. The van der Waals surface area contributed by atoms with Crippen LogP contribution in [0.5, 0.6) is 0 Å². The molecule has 0 aliphatic carbocycles. The van der Waals surface area contributed by atoms with Gasteiger partial charge in [0, 0.05) is 12.2 Å². The molecule has 1 aliphatic heterocycles. The van der Waals surface area contributed by atoms with E-state index in [1.54, 1.807) is 0 Å². The first-order chi connectivity index (χ1) is 7.57. The van der Waals surface area contributed by atoms with E-state index < -0.39 is 23.8 Å². The van der Waals surface area contributed by atoms with Crippen molar-refractivity contribution in [2.75, 3.05) is 6.54 Å². The maximum absolute atomic E-state index is 11.3. The molecule has 1 atom stereocenters. The second kappa shape index (κ2) is 5.41. The van der Waals surface area contributed by atoms with Crippen LogP contribution in [-0.4, -0.2) is 40.4 Å². The molecule has 16 heavy (non-hydrogen) atoms. The van der Waals surface area contributed by atoms with E-state index in [0.29, 0.717) is 19.4 Å². The first-order valence-electron chi connectivity index (χ1n) is 5.06. The summed E-state index contributed by atoms with van der Waals surface area (Å²) in [5.74, 6) is -2.29. The Balaban J connectivity index is 2.67. The Labute approximate surface area is 92.7 Å². The van der Waals surface area contributed by atoms with Crippen molar-refractivity contribution in [3.8, 4) is 0 Å². The van der Waals surface area contributed by atoms with Crippen LogP contribution in [0.25, 0.3) is 0 Å². The van der Waals surface area contributed by atoms with Gasteiger partial charge >= 0.3 is 5.97 Å². The third-order valence-corrected chi connectivity index (χ3v) is 2.37. The summed E-state index contributed by atoms with van der Waals surface area (Å²) < 4.78 is 0. The molecule has 1 heterocycles. The van der Waals surface area contributed by atoms with Gasteiger partial charge in [-0.25, -0.2) is 4.79 Å². The standard InChI is InChI=1S/C10H14N2O4/c11-6-2-1-3-7(10(15)16)12-8(13)4-5-9(12)14/h4-5,7H,1-3,6,11H2,(H,15,16)/t7-/m0/s1. The molecule has 88 valence electrons. The molecule has 0 aromatic carbocycles. The Morgan fingerprint density at radius 1 is 1.31 bits per heavy atom. The lowest BCUT2D eigenvalue weighted by molar-refractivity contribution is -0.153. The van der Waals surface area contributed by atoms with E-state index >= 15 is 0 Å². The fourth-order valence-corrected chi connectivity index (χ4v) is 1.56. The number of rotatable bonds is 6. The van der Waals surface area contributed by atoms with Gasteiger partial charge in [0.15, 0.2) is 0 Å². The third kappa shape index (κ3) is 2.66. The van der Waals surface area contributed by atoms with E-state index in [2.05, 4.69) is 0 Å². The summed E-state index contributed by atoms with van der Waals surface area (Å²) in [5, 5.41) is 8.96. The molecule has 2 amide bonds. The summed E-state index contributed by atoms with van der Waals surface area (Å²) >= 11 is 0. The first kappa shape index (κ1) is 12.4. The number of carbonyl (C=O) groups is 3. The Hall–Kier alpha value is -1.69. The maximum Gasteiger partial charge on any atom is 0.326 e. The van der Waals surface area contributed by atoms with Crippen LogP contribution in [0.4, 0.5) is 0 Å². The Bertz CT molecular complexity index is 320. The number of nitrogens with two attached hydrogens (primary N) is 1. The molecule has 0 aromatic heterocycles. The molecule has 0 fully saturated rings. The summed E-state index contributed by atoms with van der Waals surface area (Å²) in [6.45, 7) is 0.465. The van der Waals surface area contributed by atoms with Crippen molar-refractivity contribution in [2.45, 2.75) is 25.3 Å². The quantitative estimate of drug-likeness (QED) is 0.469. The summed E-state index contributed by atoms with van der Waals surface area (Å²) in [6.07, 6.45) is 3.66. The van der Waals surface area contributed by atoms with Crippen molar-refractivity contribution in [2.24, 2.45) is 5.73 Å². The molecule has 0 radical (unpaired) electrons. The van der Waals surface area contributed by atoms with Gasteiger partial charge in [-0.3, -0.25) is 14.5 Å². The number of aliphatic carboxylic acids is 1. The molecule has 1 rings (SSSR count). The Morgan fingerprint density at radius 3 is 2.31 bits per heavy atom. The molecule has 0 unspecified atom stereocenters. The van der Waals surface area contributed by atoms with Gasteiger partial charge in [-0.1, -0.05) is 0 Å². The van der Waals surface area contributed by atoms with Gasteiger partial charge in [0.25, 0.3) is 11.8 Å². The number of imide groups is 1. The number of carbonyl (C=O) groups excluding carboxylic acids is 2. The normalized spacial score (nSPS) is 16.9. The van der Waals surface area contributed by atoms with Gasteiger partial charge in [0.1, 0.15) is 6.04 Å². The van der Waals surface area contributed by atoms with Crippen LogP contribution in [0.3, 0.4) is 0 Å². The largest absolute Gasteiger partial charge is 0.480 e. The van der Waals surface area contributed by atoms with Crippen LogP contribution in [0.2, 0.25) is 0 Å². The number of hydrogen-bond donors (Lipinski definition) is 2. The van der Waals surface area contributed by atoms with Crippen molar-refractivity contribution in [1.82, 2.24) is 4.90 Å². The number of hydrogen-bond acceptors (Lipinski definition) is 4. The zero-order valence-corrected chi connectivity index (χ0v) is 8.76. The van der Waals surface area contributed by atoms with Crippen LogP contribution in [-0.2, 0) is 14.4 Å². The zero-order chi connectivity index (χ0) is 12.1. The smallest absolute Gasteiger partial charge is 0.326 e. The summed E-state index contributed by atoms with van der Waals surface area (Å²) in [7, 11) is 0. The third-order valence-electron chi connectivity index (χ3n) is 2.37. The number of amides is 2. The monoisotopic (exact) mass is 226 g/mol. The number of unbranched alkanes of at least 4 members (excludes halogenated alkanes) is 1. The van der Waals surface area contributed by atoms with Gasteiger partial charge in [0.05, 0.1) is 0 Å². The minimum absolute atomic E-state index is 0.242. The first-order valence-corrected chi connectivity index (χ1v) is 5.06. The van der Waals surface area contributed by atoms with Gasteiger partial charge in [0.2, 0.25) is 0 Å². The molecule has 0 saturated heterocycles. The van der Waals surface area contributed by atoms with Gasteiger partial charge < -0.3 is 10.8 Å². The van der Waals surface area contributed by atoms with Crippen LogP contribution in [0.15, 0.2) is 12.2 Å². The van der Waals surface area contributed by atoms with Crippen molar-refractivity contribution in [3.63, 3.8) is 0 Å². The highest BCUT2D eigenvalue weighted by molar-refractivity contribution is 6.14. The van der Waals surface area contributed by atoms with E-state index in [-0.39, 0.29) is 6.42 Å². The minimum Gasteiger partial charge on any atom is -0.480 e. The average molecular weight is 226 g/mol. The lowest BCUT2D eigenvalue weighted by Gasteiger charge is -2.22. The highest BCUT2D eigenvalue weighted by Crippen LogP contribution is 2.14. The molecule has 6 heteroatoms. The molecule has 1 aliphatic rings. The molecular formula is C10H14N2O4. The Kier molecular flexibility index (Phi) is 4.19. The summed E-state index contributed by atoms with van der Waals surface area (Å²) in [4.78, 5) is 34.3. The van der Waals surface area contributed by atoms with E-state index in [1.165, 1.54) is 0 Å². The second-order valence-corrected chi connectivity index (χ2v) is 3.52. The highest BCUT2D eigenvalue weighted by atomic mass is 16.4. The average Bonchev–Trinajstić information content (AvgIpc) is 2.54. The molecule has 3 N–H and O–H groups in total. The summed E-state index contributed by atoms with van der Waals surface area (Å²) in [5.41, 5.74) is 5.29. The molecule has 6 nitrogen and oxygen atoms in total. The zero-order valence-electron chi connectivity index (χ0n) is 8.76. The number of carboxylic acid groups (broad SMARTS) is 1. The topological polar surface area (TPSA) is 101 Å². The second-order valence-electron chi connectivity index (χ2n) is 3.52. The van der Waals surface area contributed by atoms with Crippen molar-refractivity contribution in [1.29, 1.82) is 0 Å². The lowest BCUT2D eigenvalue weighted by atomic mass is 10.1. The van der Waals surface area contributed by atoms with Gasteiger partial charge in [-0.2, -0.15) is 0 Å². The van der Waals surface area contributed by atoms with Crippen LogP contribution >= 0.6 is 0 Å². The number of carboxylic acids is 1. The summed E-state index contributed by atoms with van der Waals surface area (Å²) in [6, 6.07) is -1.08. The van der Waals surface area contributed by atoms with Gasteiger partial charge in [-0.05, 0) is 25.8 Å². The van der Waals surface area contributed by atoms with Gasteiger partial charge in [-0.15, -0.1) is 0 Å². The highest BCUT2D eigenvalue weighted by Gasteiger charge is 2.35. The SMILES string of the molecule is NCCCC[C@@H](C(=O)O)N1C(=O)C=CC1=O. The van der Waals surface area contributed by atoms with E-state index in [9.17, 15) is 14.4 Å². The molecule has 0 aromatic rings. The maximum atomic E-state index is 11.3. The fourth-order valence-electron chi connectivity index (χ4n) is 1.56. The fraction of sp³-hybridized carbons (Fsp3) is 0.500. The van der Waals surface area contributed by atoms with Crippen molar-refractivity contribution in [3.05, 3.63) is 12.2 Å². The van der Waals surface area contributed by atoms with Crippen molar-refractivity contribution < 1.29 is 19.5 Å². The van der Waals surface area contributed by atoms with E-state index in [1.807, 2.05) is 0 Å². The van der Waals surface area contributed by atoms with E-state index in [0.717, 1.165) is 17.1 Å². The van der Waals surface area contributed by atoms with Crippen LogP contribution in [0.1, 0.15) is 19.3 Å². The van der Waals surface area contributed by atoms with Crippen LogP contribution < -0.4 is 5.73 Å². The Morgan fingerprint density at radius 2 is 1.88 bits per heavy atom. The predicted molar refractivity (Wildman–Crippen MR) is 55.3 cm³/mol. The predicted octanol–water partition coefficient (Wildman–Crippen LogP) is -0.506. The lowest BCUT2D eigenvalue weighted by Crippen LogP contribution is -2.45. The van der Waals surface area contributed by atoms with Crippen LogP contribution in [0, 0.1) is 0 Å². The molecule has 0 spiro atoms. The number of nitrogens with zero attached hydrogens (tertiary/aromatic N) is 1. The van der Waals surface area contributed by atoms with E-state index in [4.69, 9.17) is 10.8 Å².